The molecule has 4 aromatic rings. The fourth-order valence-corrected chi connectivity index (χ4v) is 3.27. The Labute approximate surface area is 150 Å². The van der Waals surface area contributed by atoms with Gasteiger partial charge in [-0.15, -0.1) is 0 Å². The van der Waals surface area contributed by atoms with E-state index in [9.17, 15) is 4.79 Å². The van der Waals surface area contributed by atoms with Gasteiger partial charge in [-0.1, -0.05) is 41.9 Å². The van der Waals surface area contributed by atoms with E-state index in [4.69, 9.17) is 11.6 Å². The van der Waals surface area contributed by atoms with Crippen LogP contribution < -0.4 is 5.32 Å². The van der Waals surface area contributed by atoms with Crippen LogP contribution in [0, 0.1) is 6.42 Å². The van der Waals surface area contributed by atoms with Gasteiger partial charge in [0.15, 0.2) is 0 Å². The summed E-state index contributed by atoms with van der Waals surface area (Å²) in [5.74, 6) is -0.164. The molecular weight excluding hydrogens is 332 g/mol. The van der Waals surface area contributed by atoms with E-state index >= 15 is 0 Å². The summed E-state index contributed by atoms with van der Waals surface area (Å²) in [6, 6.07) is 19.6. The third-order valence-corrected chi connectivity index (χ3v) is 4.52. The number of fused-ring (bicyclic) bond motifs is 2. The Hall–Kier alpha value is -2.78. The minimum atomic E-state index is -0.164. The molecule has 0 atom stereocenters. The lowest BCUT2D eigenvalue weighted by Crippen LogP contribution is -2.12. The van der Waals surface area contributed by atoms with Gasteiger partial charge in [-0.2, -0.15) is 0 Å². The number of anilines is 1. The number of hydrogen-bond acceptors (Lipinski definition) is 1. The van der Waals surface area contributed by atoms with E-state index in [-0.39, 0.29) is 5.91 Å². The summed E-state index contributed by atoms with van der Waals surface area (Å²) in [6.07, 6.45) is 3.54. The van der Waals surface area contributed by atoms with Gasteiger partial charge in [0.25, 0.3) is 0 Å². The molecule has 0 saturated heterocycles. The summed E-state index contributed by atoms with van der Waals surface area (Å²) in [5, 5.41) is 6.79. The lowest BCUT2D eigenvalue weighted by Gasteiger charge is -2.06. The first-order valence-electron chi connectivity index (χ1n) is 7.99. The predicted molar refractivity (Wildman–Crippen MR) is 104 cm³/mol. The van der Waals surface area contributed by atoms with Crippen LogP contribution in [0.3, 0.4) is 0 Å². The molecule has 1 aromatic heterocycles. The Morgan fingerprint density at radius 2 is 1.84 bits per heavy atom. The number of aryl methyl sites for hydroxylation is 1. The van der Waals surface area contributed by atoms with Crippen molar-refractivity contribution in [3.8, 4) is 0 Å². The quantitative estimate of drug-likeness (QED) is 0.544. The van der Waals surface area contributed by atoms with Crippen molar-refractivity contribution < 1.29 is 4.79 Å². The van der Waals surface area contributed by atoms with E-state index in [1.165, 1.54) is 0 Å². The van der Waals surface area contributed by atoms with Crippen LogP contribution in [-0.2, 0) is 11.8 Å². The molecule has 0 fully saturated rings. The van der Waals surface area contributed by atoms with Crippen LogP contribution in [-0.4, -0.2) is 10.5 Å². The lowest BCUT2D eigenvalue weighted by molar-refractivity contribution is -0.112. The summed E-state index contributed by atoms with van der Waals surface area (Å²) >= 11 is 6.10. The van der Waals surface area contributed by atoms with Crippen molar-refractivity contribution >= 4 is 44.9 Å². The van der Waals surface area contributed by atoms with Crippen LogP contribution in [0.5, 0.6) is 0 Å². The molecule has 0 saturated carbocycles. The Morgan fingerprint density at radius 1 is 1.04 bits per heavy atom. The number of carbonyl (C=O) groups is 1. The van der Waals surface area contributed by atoms with Gasteiger partial charge in [0, 0.05) is 34.9 Å². The monoisotopic (exact) mass is 347 g/mol. The molecule has 0 aliphatic heterocycles. The molecule has 0 aliphatic carbocycles. The molecule has 4 heteroatoms. The van der Waals surface area contributed by atoms with Crippen molar-refractivity contribution in [2.24, 2.45) is 7.05 Å². The summed E-state index contributed by atoms with van der Waals surface area (Å²) in [4.78, 5) is 12.4. The maximum atomic E-state index is 12.4. The second-order valence-electron chi connectivity index (χ2n) is 6.05. The van der Waals surface area contributed by atoms with E-state index in [0.717, 1.165) is 32.9 Å². The Kier molecular flexibility index (Phi) is 3.94. The lowest BCUT2D eigenvalue weighted by atomic mass is 10.1. The zero-order valence-corrected chi connectivity index (χ0v) is 14.4. The van der Waals surface area contributed by atoms with E-state index in [2.05, 4.69) is 5.32 Å². The molecule has 25 heavy (non-hydrogen) atoms. The number of carbonyl (C=O) groups excluding carboxylic acids is 1. The second-order valence-corrected chi connectivity index (χ2v) is 6.49. The zero-order chi connectivity index (χ0) is 17.4. The van der Waals surface area contributed by atoms with Gasteiger partial charge in [-0.05, 0) is 46.7 Å². The van der Waals surface area contributed by atoms with Gasteiger partial charge < -0.3 is 9.88 Å². The first-order chi connectivity index (χ1) is 12.1. The van der Waals surface area contributed by atoms with Crippen molar-refractivity contribution in [3.63, 3.8) is 0 Å². The SMILES string of the molecule is Cn1cc([CH]C(=O)Nc2ccc3ccccc3c2)c2cc(Cl)ccc21. The van der Waals surface area contributed by atoms with Crippen molar-refractivity contribution in [2.75, 3.05) is 5.32 Å². The first kappa shape index (κ1) is 15.7. The van der Waals surface area contributed by atoms with Crippen molar-refractivity contribution in [1.82, 2.24) is 4.57 Å². The number of rotatable bonds is 3. The molecular formula is C21H16ClN2O. The molecule has 1 radical (unpaired) electrons. The topological polar surface area (TPSA) is 34.0 Å². The normalized spacial score (nSPS) is 11.1. The largest absolute Gasteiger partial charge is 0.350 e. The molecule has 0 unspecified atom stereocenters. The van der Waals surface area contributed by atoms with Crippen molar-refractivity contribution in [2.45, 2.75) is 0 Å². The van der Waals surface area contributed by atoms with Crippen LogP contribution in [0.25, 0.3) is 21.7 Å². The minimum absolute atomic E-state index is 0.164. The molecule has 1 amide bonds. The van der Waals surface area contributed by atoms with Crippen LogP contribution in [0.4, 0.5) is 5.69 Å². The van der Waals surface area contributed by atoms with Crippen LogP contribution in [0.2, 0.25) is 5.02 Å². The Balaban J connectivity index is 1.58. The van der Waals surface area contributed by atoms with E-state index < -0.39 is 0 Å². The average Bonchev–Trinajstić information content (AvgIpc) is 2.89. The van der Waals surface area contributed by atoms with E-state index in [1.807, 2.05) is 78.5 Å². The van der Waals surface area contributed by atoms with Gasteiger partial charge >= 0.3 is 0 Å². The van der Waals surface area contributed by atoms with Crippen LogP contribution in [0.15, 0.2) is 66.9 Å². The summed E-state index contributed by atoms with van der Waals surface area (Å²) < 4.78 is 1.99. The minimum Gasteiger partial charge on any atom is -0.350 e. The maximum absolute atomic E-state index is 12.4. The standard InChI is InChI=1S/C21H16ClN2O/c1-24-13-16(19-12-17(22)7-9-20(19)24)11-21(25)23-18-8-6-14-4-2-3-5-15(14)10-18/h2-13H,1H3,(H,23,25). The van der Waals surface area contributed by atoms with Crippen molar-refractivity contribution in [1.29, 1.82) is 0 Å². The van der Waals surface area contributed by atoms with Gasteiger partial charge in [0.2, 0.25) is 5.91 Å². The van der Waals surface area contributed by atoms with Crippen LogP contribution in [0.1, 0.15) is 5.56 Å². The van der Waals surface area contributed by atoms with E-state index in [1.54, 1.807) is 6.42 Å². The molecule has 3 aromatic carbocycles. The highest BCUT2D eigenvalue weighted by Crippen LogP contribution is 2.26. The first-order valence-corrected chi connectivity index (χ1v) is 8.37. The number of nitrogens with one attached hydrogen (secondary N) is 1. The highest BCUT2D eigenvalue weighted by Gasteiger charge is 2.12. The smallest absolute Gasteiger partial charge is 0.233 e. The van der Waals surface area contributed by atoms with Gasteiger partial charge in [0.1, 0.15) is 0 Å². The summed E-state index contributed by atoms with van der Waals surface area (Å²) in [7, 11) is 1.95. The molecule has 1 heterocycles. The third-order valence-electron chi connectivity index (χ3n) is 4.29. The molecule has 1 N–H and O–H groups in total. The molecule has 123 valence electrons. The zero-order valence-electron chi connectivity index (χ0n) is 13.7. The number of aromatic nitrogens is 1. The maximum Gasteiger partial charge on any atom is 0.233 e. The number of hydrogen-bond donors (Lipinski definition) is 1. The highest BCUT2D eigenvalue weighted by atomic mass is 35.5. The molecule has 0 aliphatic rings. The molecule has 3 nitrogen and oxygen atoms in total. The summed E-state index contributed by atoms with van der Waals surface area (Å²) in [5.41, 5.74) is 2.66. The number of amides is 1. The number of benzene rings is 3. The van der Waals surface area contributed by atoms with Gasteiger partial charge in [0.05, 0.1) is 6.42 Å². The number of halogens is 1. The third kappa shape index (κ3) is 3.11. The number of nitrogens with zero attached hydrogens (tertiary/aromatic N) is 1. The molecule has 4 rings (SSSR count). The molecule has 0 spiro atoms. The summed E-state index contributed by atoms with van der Waals surface area (Å²) in [6.45, 7) is 0. The Bertz CT molecular complexity index is 1100. The van der Waals surface area contributed by atoms with Crippen molar-refractivity contribution in [3.05, 3.63) is 83.9 Å². The second kappa shape index (κ2) is 6.26. The predicted octanol–water partition coefficient (Wildman–Crippen LogP) is 5.18. The fourth-order valence-electron chi connectivity index (χ4n) is 3.10. The van der Waals surface area contributed by atoms with Gasteiger partial charge in [-0.25, -0.2) is 0 Å². The average molecular weight is 348 g/mol. The Morgan fingerprint density at radius 3 is 2.68 bits per heavy atom. The van der Waals surface area contributed by atoms with E-state index in [0.29, 0.717) is 5.02 Å². The van der Waals surface area contributed by atoms with Crippen LogP contribution >= 0.6 is 11.6 Å². The van der Waals surface area contributed by atoms with Gasteiger partial charge in [-0.3, -0.25) is 4.79 Å². The fraction of sp³-hybridized carbons (Fsp3) is 0.0476. The molecule has 0 bridgehead atoms. The highest BCUT2D eigenvalue weighted by molar-refractivity contribution is 6.31.